The largest absolute Gasteiger partial charge is 0.480 e. The number of rotatable bonds is 3. The number of hydrogen-bond acceptors (Lipinski definition) is 5. The van der Waals surface area contributed by atoms with Gasteiger partial charge in [0.25, 0.3) is 0 Å². The lowest BCUT2D eigenvalue weighted by atomic mass is 10.2. The second kappa shape index (κ2) is 5.42. The van der Waals surface area contributed by atoms with Gasteiger partial charge in [0.2, 0.25) is 5.88 Å². The van der Waals surface area contributed by atoms with E-state index in [4.69, 9.17) is 9.47 Å². The van der Waals surface area contributed by atoms with E-state index in [1.165, 1.54) is 7.11 Å². The van der Waals surface area contributed by atoms with Crippen molar-refractivity contribution in [2.45, 2.75) is 0 Å². The molecule has 3 rings (SSSR count). The number of nitrogens with zero attached hydrogens (tertiary/aromatic N) is 3. The van der Waals surface area contributed by atoms with Crippen molar-refractivity contribution in [3.63, 3.8) is 0 Å². The smallest absolute Gasteiger partial charge is 0.325 e. The molecule has 6 heteroatoms. The summed E-state index contributed by atoms with van der Waals surface area (Å²) in [7, 11) is 1.54. The normalized spacial score (nSPS) is 10.5. The van der Waals surface area contributed by atoms with E-state index in [1.807, 2.05) is 30.3 Å². The maximum Gasteiger partial charge on any atom is 0.325 e. The third-order valence-corrected chi connectivity index (χ3v) is 3.22. The van der Waals surface area contributed by atoms with Crippen molar-refractivity contribution >= 4 is 26.8 Å². The zero-order valence-electron chi connectivity index (χ0n) is 10.6. The number of para-hydroxylation sites is 1. The van der Waals surface area contributed by atoms with Crippen LogP contribution in [0, 0.1) is 0 Å². The van der Waals surface area contributed by atoms with E-state index in [-0.39, 0.29) is 6.01 Å². The molecule has 0 bridgehead atoms. The van der Waals surface area contributed by atoms with Crippen molar-refractivity contribution in [3.8, 4) is 17.6 Å². The first-order valence-corrected chi connectivity index (χ1v) is 6.65. The minimum absolute atomic E-state index is 0.211. The Balaban J connectivity index is 2.01. The average Bonchev–Trinajstić information content (AvgIpc) is 2.49. The maximum absolute atomic E-state index is 5.70. The maximum atomic E-state index is 5.70. The summed E-state index contributed by atoms with van der Waals surface area (Å²) in [6.07, 6.45) is 3.30. The lowest BCUT2D eigenvalue weighted by molar-refractivity contribution is 0.374. The van der Waals surface area contributed by atoms with Crippen LogP contribution >= 0.6 is 15.9 Å². The predicted molar refractivity (Wildman–Crippen MR) is 78.1 cm³/mol. The van der Waals surface area contributed by atoms with Crippen molar-refractivity contribution < 1.29 is 9.47 Å². The van der Waals surface area contributed by atoms with Crippen LogP contribution < -0.4 is 9.47 Å². The molecule has 0 amide bonds. The van der Waals surface area contributed by atoms with Gasteiger partial charge in [-0.2, -0.15) is 4.98 Å². The molecule has 2 aromatic heterocycles. The lowest BCUT2D eigenvalue weighted by Crippen LogP contribution is -1.96. The molecule has 3 aromatic rings. The first-order chi connectivity index (χ1) is 9.78. The molecule has 0 aliphatic rings. The Morgan fingerprint density at radius 3 is 2.80 bits per heavy atom. The third-order valence-electron chi connectivity index (χ3n) is 2.68. The Kier molecular flexibility index (Phi) is 3.47. The molecule has 0 aliphatic heterocycles. The van der Waals surface area contributed by atoms with E-state index in [9.17, 15) is 0 Å². The number of pyridine rings is 1. The summed E-state index contributed by atoms with van der Waals surface area (Å²) in [6, 6.07) is 9.76. The summed E-state index contributed by atoms with van der Waals surface area (Å²) in [5, 5.41) is 0.995. The third kappa shape index (κ3) is 2.42. The molecule has 0 saturated heterocycles. The molecule has 0 aliphatic carbocycles. The van der Waals surface area contributed by atoms with Crippen molar-refractivity contribution in [2.24, 2.45) is 0 Å². The highest BCUT2D eigenvalue weighted by molar-refractivity contribution is 9.10. The van der Waals surface area contributed by atoms with Crippen molar-refractivity contribution in [2.75, 3.05) is 7.11 Å². The van der Waals surface area contributed by atoms with Gasteiger partial charge in [-0.05, 0) is 28.1 Å². The first-order valence-electron chi connectivity index (χ1n) is 5.86. The number of aromatic nitrogens is 3. The number of hydrogen-bond donors (Lipinski definition) is 0. The van der Waals surface area contributed by atoms with Gasteiger partial charge in [0, 0.05) is 11.6 Å². The summed E-state index contributed by atoms with van der Waals surface area (Å²) in [6.45, 7) is 0. The fraction of sp³-hybridized carbons (Fsp3) is 0.0714. The van der Waals surface area contributed by atoms with E-state index in [1.54, 1.807) is 12.4 Å². The van der Waals surface area contributed by atoms with Crippen LogP contribution in [0.15, 0.2) is 47.2 Å². The van der Waals surface area contributed by atoms with Gasteiger partial charge in [0.1, 0.15) is 5.52 Å². The molecule has 100 valence electrons. The highest BCUT2D eigenvalue weighted by atomic mass is 79.9. The first kappa shape index (κ1) is 12.8. The van der Waals surface area contributed by atoms with E-state index in [0.717, 1.165) is 10.9 Å². The molecule has 0 atom stereocenters. The Labute approximate surface area is 123 Å². The van der Waals surface area contributed by atoms with E-state index in [2.05, 4.69) is 30.9 Å². The Morgan fingerprint density at radius 1 is 1.10 bits per heavy atom. The quantitative estimate of drug-likeness (QED) is 0.734. The molecule has 2 heterocycles. The summed E-state index contributed by atoms with van der Waals surface area (Å²) in [5.41, 5.74) is 0.764. The molecule has 1 aromatic carbocycles. The second-order valence-corrected chi connectivity index (χ2v) is 4.80. The van der Waals surface area contributed by atoms with Crippen molar-refractivity contribution in [3.05, 3.63) is 47.2 Å². The number of methoxy groups -OCH3 is 1. The zero-order chi connectivity index (χ0) is 13.9. The standard InChI is InChI=1S/C14H10BrN3O2/c1-19-13-10(15)8-17-14(18-13)20-11-6-2-4-9-5-3-7-16-12(9)11/h2-8H,1H3. The van der Waals surface area contributed by atoms with Crippen LogP contribution in [0.3, 0.4) is 0 Å². The lowest BCUT2D eigenvalue weighted by Gasteiger charge is -2.08. The minimum Gasteiger partial charge on any atom is -0.480 e. The van der Waals surface area contributed by atoms with Gasteiger partial charge in [-0.1, -0.05) is 18.2 Å². The molecular weight excluding hydrogens is 322 g/mol. The van der Waals surface area contributed by atoms with Crippen LogP contribution in [-0.4, -0.2) is 22.1 Å². The second-order valence-electron chi connectivity index (χ2n) is 3.94. The molecule has 0 spiro atoms. The molecule has 0 unspecified atom stereocenters. The highest BCUT2D eigenvalue weighted by Gasteiger charge is 2.09. The average molecular weight is 332 g/mol. The highest BCUT2D eigenvalue weighted by Crippen LogP contribution is 2.29. The predicted octanol–water partition coefficient (Wildman–Crippen LogP) is 3.59. The molecule has 20 heavy (non-hydrogen) atoms. The van der Waals surface area contributed by atoms with Gasteiger partial charge in [-0.25, -0.2) is 4.98 Å². The molecule has 0 saturated carbocycles. The Bertz CT molecular complexity index is 759. The van der Waals surface area contributed by atoms with E-state index in [0.29, 0.717) is 16.1 Å². The van der Waals surface area contributed by atoms with Gasteiger partial charge >= 0.3 is 6.01 Å². The molecule has 5 nitrogen and oxygen atoms in total. The molecular formula is C14H10BrN3O2. The van der Waals surface area contributed by atoms with E-state index >= 15 is 0 Å². The van der Waals surface area contributed by atoms with E-state index < -0.39 is 0 Å². The van der Waals surface area contributed by atoms with Crippen LogP contribution in [0.25, 0.3) is 10.9 Å². The van der Waals surface area contributed by atoms with Crippen LogP contribution in [-0.2, 0) is 0 Å². The Morgan fingerprint density at radius 2 is 1.95 bits per heavy atom. The van der Waals surface area contributed by atoms with Gasteiger partial charge in [0.15, 0.2) is 5.75 Å². The fourth-order valence-electron chi connectivity index (χ4n) is 1.79. The van der Waals surface area contributed by atoms with Crippen LogP contribution in [0.5, 0.6) is 17.6 Å². The zero-order valence-corrected chi connectivity index (χ0v) is 12.2. The molecule has 0 fully saturated rings. The van der Waals surface area contributed by atoms with Gasteiger partial charge < -0.3 is 9.47 Å². The van der Waals surface area contributed by atoms with Gasteiger partial charge in [-0.3, -0.25) is 4.98 Å². The summed E-state index contributed by atoms with van der Waals surface area (Å²) in [4.78, 5) is 12.6. The van der Waals surface area contributed by atoms with Crippen molar-refractivity contribution in [1.29, 1.82) is 0 Å². The summed E-state index contributed by atoms with van der Waals surface area (Å²) < 4.78 is 11.5. The fourth-order valence-corrected chi connectivity index (χ4v) is 2.14. The Hall–Kier alpha value is -2.21. The van der Waals surface area contributed by atoms with Gasteiger partial charge in [0.05, 0.1) is 17.8 Å². The minimum atomic E-state index is 0.211. The number of benzene rings is 1. The van der Waals surface area contributed by atoms with Crippen LogP contribution in [0.4, 0.5) is 0 Å². The monoisotopic (exact) mass is 331 g/mol. The summed E-state index contributed by atoms with van der Waals surface area (Å²) >= 11 is 3.30. The molecule has 0 radical (unpaired) electrons. The number of halogens is 1. The number of ether oxygens (including phenoxy) is 2. The van der Waals surface area contributed by atoms with Crippen LogP contribution in [0.2, 0.25) is 0 Å². The number of fused-ring (bicyclic) bond motifs is 1. The topological polar surface area (TPSA) is 57.1 Å². The van der Waals surface area contributed by atoms with Gasteiger partial charge in [-0.15, -0.1) is 0 Å². The van der Waals surface area contributed by atoms with Crippen molar-refractivity contribution in [1.82, 2.24) is 15.0 Å². The summed E-state index contributed by atoms with van der Waals surface area (Å²) in [5.74, 6) is 1.02. The SMILES string of the molecule is COc1nc(Oc2cccc3cccnc23)ncc1Br. The molecule has 0 N–H and O–H groups in total. The van der Waals surface area contributed by atoms with Crippen LogP contribution in [0.1, 0.15) is 0 Å².